The fourth-order valence-electron chi connectivity index (χ4n) is 3.02. The Morgan fingerprint density at radius 3 is 2.59 bits per heavy atom. The minimum Gasteiger partial charge on any atom is -0.493 e. The third kappa shape index (κ3) is 3.53. The van der Waals surface area contributed by atoms with Crippen molar-refractivity contribution >= 4 is 5.97 Å². The van der Waals surface area contributed by atoms with Crippen molar-refractivity contribution < 1.29 is 19.0 Å². The molecular formula is C17H25NO4. The first kappa shape index (κ1) is 16.6. The molecule has 2 rings (SSSR count). The monoisotopic (exact) mass is 307 g/mol. The van der Waals surface area contributed by atoms with E-state index in [1.165, 1.54) is 11.1 Å². The molecule has 0 saturated heterocycles. The van der Waals surface area contributed by atoms with Gasteiger partial charge in [0.15, 0.2) is 11.5 Å². The Kier molecular flexibility index (Phi) is 5.66. The standard InChI is InChI=1S/C17H25NO4/c1-5-22-17(19)7-6-14-13-11-16(21-4)15(20-3)10-12(13)8-9-18(14)2/h10-11,14H,5-9H2,1-4H3. The molecule has 0 spiro atoms. The van der Waals surface area contributed by atoms with Crippen molar-refractivity contribution in [1.82, 2.24) is 4.90 Å². The molecule has 122 valence electrons. The van der Waals surface area contributed by atoms with E-state index in [0.29, 0.717) is 13.0 Å². The second-order valence-corrected chi connectivity index (χ2v) is 5.50. The van der Waals surface area contributed by atoms with E-state index < -0.39 is 0 Å². The first-order valence-electron chi connectivity index (χ1n) is 7.71. The zero-order valence-corrected chi connectivity index (χ0v) is 13.8. The molecule has 1 aromatic carbocycles. The molecule has 0 saturated carbocycles. The first-order valence-corrected chi connectivity index (χ1v) is 7.71. The lowest BCUT2D eigenvalue weighted by Gasteiger charge is -2.35. The Morgan fingerprint density at radius 1 is 1.27 bits per heavy atom. The molecule has 1 heterocycles. The van der Waals surface area contributed by atoms with Crippen molar-refractivity contribution in [2.75, 3.05) is 34.4 Å². The summed E-state index contributed by atoms with van der Waals surface area (Å²) >= 11 is 0. The highest BCUT2D eigenvalue weighted by Gasteiger charge is 2.27. The molecule has 0 amide bonds. The van der Waals surface area contributed by atoms with Gasteiger partial charge in [-0.25, -0.2) is 0 Å². The quantitative estimate of drug-likeness (QED) is 0.756. The summed E-state index contributed by atoms with van der Waals surface area (Å²) in [5.74, 6) is 1.36. The number of carbonyl (C=O) groups excluding carboxylic acids is 1. The van der Waals surface area contributed by atoms with Crippen LogP contribution in [0.25, 0.3) is 0 Å². The van der Waals surface area contributed by atoms with Gasteiger partial charge in [-0.1, -0.05) is 0 Å². The number of benzene rings is 1. The summed E-state index contributed by atoms with van der Waals surface area (Å²) in [4.78, 5) is 13.9. The summed E-state index contributed by atoms with van der Waals surface area (Å²) in [6.45, 7) is 3.23. The molecule has 1 atom stereocenters. The summed E-state index contributed by atoms with van der Waals surface area (Å²) in [5.41, 5.74) is 2.49. The third-order valence-corrected chi connectivity index (χ3v) is 4.20. The van der Waals surface area contributed by atoms with Gasteiger partial charge in [0.2, 0.25) is 0 Å². The second-order valence-electron chi connectivity index (χ2n) is 5.50. The van der Waals surface area contributed by atoms with E-state index in [0.717, 1.165) is 30.9 Å². The Morgan fingerprint density at radius 2 is 1.95 bits per heavy atom. The van der Waals surface area contributed by atoms with Crippen LogP contribution in [0.15, 0.2) is 12.1 Å². The molecule has 0 N–H and O–H groups in total. The van der Waals surface area contributed by atoms with Crippen molar-refractivity contribution in [3.8, 4) is 11.5 Å². The molecule has 5 nitrogen and oxygen atoms in total. The maximum Gasteiger partial charge on any atom is 0.305 e. The summed E-state index contributed by atoms with van der Waals surface area (Å²) in [6, 6.07) is 4.30. The van der Waals surface area contributed by atoms with Gasteiger partial charge in [-0.3, -0.25) is 9.69 Å². The lowest BCUT2D eigenvalue weighted by Crippen LogP contribution is -2.32. The molecule has 0 aliphatic carbocycles. The van der Waals surface area contributed by atoms with E-state index in [4.69, 9.17) is 14.2 Å². The summed E-state index contributed by atoms with van der Waals surface area (Å²) in [6.07, 6.45) is 2.15. The smallest absolute Gasteiger partial charge is 0.305 e. The van der Waals surface area contributed by atoms with Crippen molar-refractivity contribution in [2.24, 2.45) is 0 Å². The highest BCUT2D eigenvalue weighted by molar-refractivity contribution is 5.69. The van der Waals surface area contributed by atoms with Crippen molar-refractivity contribution in [3.05, 3.63) is 23.3 Å². The van der Waals surface area contributed by atoms with Crippen molar-refractivity contribution in [1.29, 1.82) is 0 Å². The minimum absolute atomic E-state index is 0.136. The average molecular weight is 307 g/mol. The molecule has 5 heteroatoms. The maximum absolute atomic E-state index is 11.6. The zero-order chi connectivity index (χ0) is 16.1. The lowest BCUT2D eigenvalue weighted by molar-refractivity contribution is -0.143. The molecule has 1 aliphatic heterocycles. The number of hydrogen-bond acceptors (Lipinski definition) is 5. The summed E-state index contributed by atoms with van der Waals surface area (Å²) in [7, 11) is 5.39. The number of likely N-dealkylation sites (N-methyl/N-ethyl adjacent to an activating group) is 1. The summed E-state index contributed by atoms with van der Waals surface area (Å²) < 4.78 is 15.8. The molecule has 1 aromatic rings. The number of esters is 1. The van der Waals surface area contributed by atoms with Crippen LogP contribution in [0.2, 0.25) is 0 Å². The molecule has 0 radical (unpaired) electrons. The normalized spacial score (nSPS) is 17.7. The van der Waals surface area contributed by atoms with Crippen LogP contribution in [-0.2, 0) is 16.0 Å². The SMILES string of the molecule is CCOC(=O)CCC1c2cc(OC)c(OC)cc2CCN1C. The number of ether oxygens (including phenoxy) is 3. The van der Waals surface area contributed by atoms with E-state index >= 15 is 0 Å². The van der Waals surface area contributed by atoms with Gasteiger partial charge in [-0.15, -0.1) is 0 Å². The van der Waals surface area contributed by atoms with E-state index in [1.54, 1.807) is 14.2 Å². The molecule has 22 heavy (non-hydrogen) atoms. The van der Waals surface area contributed by atoms with Gasteiger partial charge in [-0.2, -0.15) is 0 Å². The minimum atomic E-state index is -0.136. The van der Waals surface area contributed by atoms with Crippen LogP contribution >= 0.6 is 0 Å². The highest BCUT2D eigenvalue weighted by Crippen LogP contribution is 2.39. The molecule has 0 bridgehead atoms. The number of rotatable bonds is 6. The maximum atomic E-state index is 11.6. The van der Waals surface area contributed by atoms with Gasteiger partial charge < -0.3 is 14.2 Å². The Labute approximate surface area is 132 Å². The largest absolute Gasteiger partial charge is 0.493 e. The van der Waals surface area contributed by atoms with Gasteiger partial charge in [0.1, 0.15) is 0 Å². The van der Waals surface area contributed by atoms with Crippen LogP contribution in [-0.4, -0.2) is 45.3 Å². The zero-order valence-electron chi connectivity index (χ0n) is 13.8. The summed E-state index contributed by atoms with van der Waals surface area (Å²) in [5, 5.41) is 0. The Bertz CT molecular complexity index is 530. The third-order valence-electron chi connectivity index (χ3n) is 4.20. The van der Waals surface area contributed by atoms with Crippen LogP contribution in [0.1, 0.15) is 36.9 Å². The average Bonchev–Trinajstić information content (AvgIpc) is 2.52. The van der Waals surface area contributed by atoms with Crippen LogP contribution in [0.3, 0.4) is 0 Å². The van der Waals surface area contributed by atoms with E-state index in [1.807, 2.05) is 13.0 Å². The van der Waals surface area contributed by atoms with E-state index in [-0.39, 0.29) is 12.0 Å². The van der Waals surface area contributed by atoms with Gasteiger partial charge in [-0.05, 0) is 50.1 Å². The fourth-order valence-corrected chi connectivity index (χ4v) is 3.02. The predicted molar refractivity (Wildman–Crippen MR) is 84.5 cm³/mol. The number of fused-ring (bicyclic) bond motifs is 1. The van der Waals surface area contributed by atoms with Crippen LogP contribution in [0, 0.1) is 0 Å². The number of methoxy groups -OCH3 is 2. The number of carbonyl (C=O) groups is 1. The van der Waals surface area contributed by atoms with Crippen LogP contribution in [0.4, 0.5) is 0 Å². The van der Waals surface area contributed by atoms with Gasteiger partial charge >= 0.3 is 5.97 Å². The topological polar surface area (TPSA) is 48.0 Å². The van der Waals surface area contributed by atoms with Crippen molar-refractivity contribution in [2.45, 2.75) is 32.2 Å². The molecule has 1 aliphatic rings. The van der Waals surface area contributed by atoms with Gasteiger partial charge in [0.05, 0.1) is 20.8 Å². The number of nitrogens with zero attached hydrogens (tertiary/aromatic N) is 1. The molecule has 1 unspecified atom stereocenters. The first-order chi connectivity index (χ1) is 10.6. The van der Waals surface area contributed by atoms with Gasteiger partial charge in [0.25, 0.3) is 0 Å². The van der Waals surface area contributed by atoms with E-state index in [9.17, 15) is 4.79 Å². The highest BCUT2D eigenvalue weighted by atomic mass is 16.5. The molecular weight excluding hydrogens is 282 g/mol. The fraction of sp³-hybridized carbons (Fsp3) is 0.588. The molecule has 0 aromatic heterocycles. The Hall–Kier alpha value is -1.75. The van der Waals surface area contributed by atoms with Crippen LogP contribution < -0.4 is 9.47 Å². The molecule has 0 fully saturated rings. The van der Waals surface area contributed by atoms with Crippen molar-refractivity contribution in [3.63, 3.8) is 0 Å². The predicted octanol–water partition coefficient (Wildman–Crippen LogP) is 2.58. The van der Waals surface area contributed by atoms with E-state index in [2.05, 4.69) is 18.0 Å². The van der Waals surface area contributed by atoms with Crippen LogP contribution in [0.5, 0.6) is 11.5 Å². The lowest BCUT2D eigenvalue weighted by atomic mass is 9.89. The number of hydrogen-bond donors (Lipinski definition) is 0. The van der Waals surface area contributed by atoms with Gasteiger partial charge in [0, 0.05) is 19.0 Å². The Balaban J connectivity index is 2.23. The second kappa shape index (κ2) is 7.49.